The number of rotatable bonds is 16. The van der Waals surface area contributed by atoms with Crippen LogP contribution in [0.2, 0.25) is 0 Å². The smallest absolute Gasteiger partial charge is 0.257 e. The van der Waals surface area contributed by atoms with E-state index in [1.807, 2.05) is 43.1 Å². The van der Waals surface area contributed by atoms with Gasteiger partial charge in [0.15, 0.2) is 23.5 Å². The number of aliphatic hydroxyl groups is 1. The van der Waals surface area contributed by atoms with Gasteiger partial charge in [-0.25, -0.2) is 8.78 Å². The maximum atomic E-state index is 13.8. The monoisotopic (exact) mass is 614 g/mol. The molecule has 0 aromatic heterocycles. The van der Waals surface area contributed by atoms with E-state index < -0.39 is 29.4 Å². The number of hydrogen-bond donors (Lipinski definition) is 4. The Bertz CT molecular complexity index is 1010. The zero-order valence-corrected chi connectivity index (χ0v) is 26.8. The Labute approximate surface area is 256 Å². The van der Waals surface area contributed by atoms with Crippen molar-refractivity contribution in [2.75, 3.05) is 60.5 Å². The van der Waals surface area contributed by atoms with Crippen molar-refractivity contribution in [1.82, 2.24) is 30.2 Å². The van der Waals surface area contributed by atoms with Crippen LogP contribution in [0.1, 0.15) is 45.6 Å². The Morgan fingerprint density at radius 3 is 2.35 bits per heavy atom. The first-order chi connectivity index (χ1) is 20.5. The van der Waals surface area contributed by atoms with Crippen molar-refractivity contribution in [2.24, 2.45) is 0 Å². The Kier molecular flexibility index (Phi) is 17.5. The predicted molar refractivity (Wildman–Crippen MR) is 166 cm³/mol. The number of carbonyl (C=O) groups excluding carboxylic acids is 1. The number of likely N-dealkylation sites (tertiary alicyclic amines) is 1. The molecule has 4 N–H and O–H groups in total. The quantitative estimate of drug-likeness (QED) is 0.128. The minimum Gasteiger partial charge on any atom is -0.505 e. The molecular formula is C31H53F3N6O3. The zero-order valence-electron chi connectivity index (χ0n) is 26.8. The van der Waals surface area contributed by atoms with Gasteiger partial charge in [0.1, 0.15) is 0 Å². The minimum absolute atomic E-state index is 0.0372. The second kappa shape index (κ2) is 19.6. The first kappa shape index (κ1) is 38.4. The molecule has 1 aromatic rings. The molecule has 0 radical (unpaired) electrons. The fourth-order valence-corrected chi connectivity index (χ4v) is 5.65. The standard InChI is InChI=1S/C29H49F3N6O3.C2H4/c1-7-22(19-36(6)29(28(41)33-4)35(5)13-9-20(3)34-12-16-39)38(8-2)23-10-14-37(15-11-23)18-21-17-24(30)25(31)26(32)27(21)40;1-2/h9,13,17,20,22-23,29,34,39-40H,7-8,10-12,14-16,18-19H2,1-6H3,(H,33,41);1-2H2/b13-9+;. The summed E-state index contributed by atoms with van der Waals surface area (Å²) in [6.07, 6.45) is 5.89. The molecule has 3 unspecified atom stereocenters. The molecule has 9 nitrogen and oxygen atoms in total. The number of amides is 1. The van der Waals surface area contributed by atoms with E-state index in [-0.39, 0.29) is 36.7 Å². The van der Waals surface area contributed by atoms with Gasteiger partial charge in [0, 0.05) is 57.4 Å². The van der Waals surface area contributed by atoms with Crippen LogP contribution in [0.25, 0.3) is 0 Å². The van der Waals surface area contributed by atoms with Gasteiger partial charge in [-0.1, -0.05) is 19.9 Å². The summed E-state index contributed by atoms with van der Waals surface area (Å²) in [7, 11) is 5.45. The summed E-state index contributed by atoms with van der Waals surface area (Å²) in [5.74, 6) is -5.47. The molecule has 246 valence electrons. The normalized spacial score (nSPS) is 16.7. The van der Waals surface area contributed by atoms with Crippen LogP contribution < -0.4 is 10.6 Å². The molecule has 1 aromatic carbocycles. The van der Waals surface area contributed by atoms with Crippen LogP contribution in [-0.2, 0) is 11.3 Å². The van der Waals surface area contributed by atoms with Crippen molar-refractivity contribution in [1.29, 1.82) is 0 Å². The van der Waals surface area contributed by atoms with Crippen LogP contribution >= 0.6 is 0 Å². The first-order valence-corrected chi connectivity index (χ1v) is 15.0. The van der Waals surface area contributed by atoms with Gasteiger partial charge < -0.3 is 25.7 Å². The van der Waals surface area contributed by atoms with E-state index in [0.29, 0.717) is 32.2 Å². The van der Waals surface area contributed by atoms with Crippen molar-refractivity contribution in [3.05, 3.63) is 54.5 Å². The van der Waals surface area contributed by atoms with Gasteiger partial charge in [0.25, 0.3) is 5.91 Å². The van der Waals surface area contributed by atoms with Crippen LogP contribution in [0, 0.1) is 17.5 Å². The second-order valence-corrected chi connectivity index (χ2v) is 10.8. The Balaban J connectivity index is 0.00000452. The number of halogens is 3. The van der Waals surface area contributed by atoms with Crippen LogP contribution in [0.3, 0.4) is 0 Å². The lowest BCUT2D eigenvalue weighted by atomic mass is 9.99. The molecule has 1 aliphatic heterocycles. The lowest BCUT2D eigenvalue weighted by molar-refractivity contribution is -0.130. The largest absolute Gasteiger partial charge is 0.505 e. The van der Waals surface area contributed by atoms with Crippen molar-refractivity contribution < 1.29 is 28.2 Å². The molecule has 1 saturated heterocycles. The van der Waals surface area contributed by atoms with Crippen molar-refractivity contribution in [2.45, 2.75) is 70.9 Å². The number of aromatic hydroxyl groups is 1. The van der Waals surface area contributed by atoms with E-state index in [9.17, 15) is 23.1 Å². The lowest BCUT2D eigenvalue weighted by Crippen LogP contribution is -2.57. The summed E-state index contributed by atoms with van der Waals surface area (Å²) in [6.45, 7) is 15.8. The van der Waals surface area contributed by atoms with Gasteiger partial charge in [-0.3, -0.25) is 19.5 Å². The number of phenols is 1. The van der Waals surface area contributed by atoms with E-state index in [2.05, 4.69) is 47.4 Å². The molecule has 0 bridgehead atoms. The van der Waals surface area contributed by atoms with E-state index in [0.717, 1.165) is 31.9 Å². The van der Waals surface area contributed by atoms with Gasteiger partial charge in [-0.15, -0.1) is 13.2 Å². The number of piperidine rings is 1. The topological polar surface area (TPSA) is 94.5 Å². The predicted octanol–water partition coefficient (Wildman–Crippen LogP) is 3.10. The highest BCUT2D eigenvalue weighted by atomic mass is 19.2. The van der Waals surface area contributed by atoms with E-state index in [1.54, 1.807) is 7.05 Å². The van der Waals surface area contributed by atoms with Crippen LogP contribution in [0.15, 0.2) is 31.5 Å². The molecular weight excluding hydrogens is 561 g/mol. The number of nitrogens with one attached hydrogen (secondary N) is 2. The van der Waals surface area contributed by atoms with Crippen molar-refractivity contribution in [3.8, 4) is 5.75 Å². The molecule has 0 aliphatic carbocycles. The number of aliphatic hydroxyl groups excluding tert-OH is 1. The van der Waals surface area contributed by atoms with Crippen LogP contribution in [-0.4, -0.2) is 120 Å². The zero-order chi connectivity index (χ0) is 32.7. The van der Waals surface area contributed by atoms with E-state index in [4.69, 9.17) is 5.11 Å². The fourth-order valence-electron chi connectivity index (χ4n) is 5.65. The van der Waals surface area contributed by atoms with Gasteiger partial charge in [0.2, 0.25) is 5.82 Å². The molecule has 1 fully saturated rings. The SMILES string of the molecule is C=C.CCC(CN(C)C(C(=O)NC)N(C)/C=C/C(C)NCCO)N(CC)C1CCN(Cc2cc(F)c(F)c(F)c2O)CC1. The number of carbonyl (C=O) groups is 1. The molecule has 0 saturated carbocycles. The lowest BCUT2D eigenvalue weighted by Gasteiger charge is -2.44. The molecule has 12 heteroatoms. The summed E-state index contributed by atoms with van der Waals surface area (Å²) in [6, 6.07) is 1.39. The molecule has 1 amide bonds. The molecule has 1 heterocycles. The van der Waals surface area contributed by atoms with E-state index >= 15 is 0 Å². The highest BCUT2D eigenvalue weighted by Crippen LogP contribution is 2.29. The Morgan fingerprint density at radius 1 is 1.19 bits per heavy atom. The average molecular weight is 615 g/mol. The molecule has 43 heavy (non-hydrogen) atoms. The van der Waals surface area contributed by atoms with Gasteiger partial charge in [-0.05, 0) is 65.1 Å². The highest BCUT2D eigenvalue weighted by molar-refractivity contribution is 5.81. The third-order valence-electron chi connectivity index (χ3n) is 7.91. The number of phenolic OH excluding ortho intramolecular Hbond substituents is 1. The molecule has 2 rings (SSSR count). The number of nitrogens with zero attached hydrogens (tertiary/aromatic N) is 4. The summed E-state index contributed by atoms with van der Waals surface area (Å²) < 4.78 is 41.0. The third kappa shape index (κ3) is 11.1. The van der Waals surface area contributed by atoms with Crippen molar-refractivity contribution >= 4 is 5.91 Å². The van der Waals surface area contributed by atoms with Gasteiger partial charge in [0.05, 0.1) is 6.61 Å². The highest BCUT2D eigenvalue weighted by Gasteiger charge is 2.32. The Morgan fingerprint density at radius 2 is 1.81 bits per heavy atom. The van der Waals surface area contributed by atoms with Gasteiger partial charge in [-0.2, -0.15) is 4.39 Å². The maximum absolute atomic E-state index is 13.8. The summed E-state index contributed by atoms with van der Waals surface area (Å²) in [4.78, 5) is 21.3. The summed E-state index contributed by atoms with van der Waals surface area (Å²) in [5, 5.41) is 24.9. The molecule has 3 atom stereocenters. The number of hydrogen-bond acceptors (Lipinski definition) is 8. The summed E-state index contributed by atoms with van der Waals surface area (Å²) in [5.41, 5.74) is 0.0391. The molecule has 0 spiro atoms. The average Bonchev–Trinajstić information content (AvgIpc) is 3.01. The van der Waals surface area contributed by atoms with Crippen LogP contribution in [0.5, 0.6) is 5.75 Å². The third-order valence-corrected chi connectivity index (χ3v) is 7.91. The van der Waals surface area contributed by atoms with Crippen molar-refractivity contribution in [3.63, 3.8) is 0 Å². The minimum atomic E-state index is -1.66. The second-order valence-electron chi connectivity index (χ2n) is 10.8. The van der Waals surface area contributed by atoms with Gasteiger partial charge >= 0.3 is 0 Å². The van der Waals surface area contributed by atoms with Crippen LogP contribution in [0.4, 0.5) is 13.2 Å². The number of likely N-dealkylation sites (N-methyl/N-ethyl adjacent to an activating group) is 4. The molecule has 1 aliphatic rings. The Hall–Kier alpha value is -2.64. The fraction of sp³-hybridized carbons (Fsp3) is 0.645. The summed E-state index contributed by atoms with van der Waals surface area (Å²) >= 11 is 0. The maximum Gasteiger partial charge on any atom is 0.257 e. The number of benzene rings is 1. The first-order valence-electron chi connectivity index (χ1n) is 15.0. The van der Waals surface area contributed by atoms with E-state index in [1.165, 1.54) is 0 Å².